The largest absolute Gasteiger partial charge is 0.493 e. The Morgan fingerprint density at radius 3 is 2.42 bits per heavy atom. The van der Waals surface area contributed by atoms with Gasteiger partial charge in [0.15, 0.2) is 11.5 Å². The van der Waals surface area contributed by atoms with Crippen molar-refractivity contribution in [2.45, 2.75) is 37.5 Å². The number of thioether (sulfide) groups is 2. The Labute approximate surface area is 163 Å². The molecule has 1 saturated heterocycles. The van der Waals surface area contributed by atoms with Gasteiger partial charge in [0, 0.05) is 9.80 Å². The molecule has 0 aromatic heterocycles. The Hall–Kier alpha value is -1.45. The molecule has 2 heterocycles. The second-order valence-corrected chi connectivity index (χ2v) is 9.27. The lowest BCUT2D eigenvalue weighted by Crippen LogP contribution is -2.30. The highest BCUT2D eigenvalue weighted by molar-refractivity contribution is 8.22. The highest BCUT2D eigenvalue weighted by Gasteiger charge is 2.40. The second-order valence-electron chi connectivity index (χ2n) is 6.81. The van der Waals surface area contributed by atoms with Crippen LogP contribution >= 0.6 is 23.5 Å². The fourth-order valence-corrected chi connectivity index (χ4v) is 6.69. The minimum Gasteiger partial charge on any atom is -0.493 e. The van der Waals surface area contributed by atoms with Gasteiger partial charge in [-0.05, 0) is 55.7 Å². The Morgan fingerprint density at radius 1 is 1.08 bits per heavy atom. The molecule has 0 spiro atoms. The van der Waals surface area contributed by atoms with Crippen molar-refractivity contribution in [2.75, 3.05) is 31.8 Å². The maximum Gasteiger partial charge on any atom is 0.204 e. The van der Waals surface area contributed by atoms with Crippen LogP contribution < -0.4 is 14.2 Å². The number of nitrogens with zero attached hydrogens (tertiary/aromatic N) is 1. The van der Waals surface area contributed by atoms with Crippen LogP contribution in [-0.2, 0) is 5.41 Å². The summed E-state index contributed by atoms with van der Waals surface area (Å²) in [5.41, 5.74) is 2.00. The van der Waals surface area contributed by atoms with Crippen LogP contribution in [0.1, 0.15) is 37.7 Å². The van der Waals surface area contributed by atoms with Gasteiger partial charge in [-0.15, -0.1) is 23.5 Å². The number of nitriles is 1. The minimum absolute atomic E-state index is 0.509. The Morgan fingerprint density at radius 2 is 1.77 bits per heavy atom. The van der Waals surface area contributed by atoms with E-state index in [-0.39, 0.29) is 0 Å². The zero-order valence-corrected chi connectivity index (χ0v) is 16.6. The van der Waals surface area contributed by atoms with Gasteiger partial charge in [-0.3, -0.25) is 0 Å². The summed E-state index contributed by atoms with van der Waals surface area (Å²) in [7, 11) is 1.63. The number of ether oxygens (including phenoxy) is 3. The predicted molar refractivity (Wildman–Crippen MR) is 106 cm³/mol. The Bertz CT molecular complexity index is 751. The molecule has 1 saturated carbocycles. The lowest BCUT2D eigenvalue weighted by atomic mass is 9.69. The molecule has 138 valence electrons. The summed E-state index contributed by atoms with van der Waals surface area (Å²) in [4.78, 5) is 0. The summed E-state index contributed by atoms with van der Waals surface area (Å²) in [6, 6.07) is 6.54. The number of fused-ring (bicyclic) bond motifs is 1. The van der Waals surface area contributed by atoms with Crippen molar-refractivity contribution in [3.8, 4) is 23.3 Å². The molecule has 2 aliphatic heterocycles. The van der Waals surface area contributed by atoms with E-state index >= 15 is 0 Å². The molecule has 1 aliphatic carbocycles. The summed E-state index contributed by atoms with van der Waals surface area (Å²) < 4.78 is 18.7. The molecule has 1 aromatic carbocycles. The first-order valence-corrected chi connectivity index (χ1v) is 11.1. The van der Waals surface area contributed by atoms with E-state index < -0.39 is 5.41 Å². The van der Waals surface area contributed by atoms with Crippen LogP contribution in [-0.4, -0.2) is 31.8 Å². The van der Waals surface area contributed by atoms with Gasteiger partial charge in [0.05, 0.1) is 18.6 Å². The van der Waals surface area contributed by atoms with Gasteiger partial charge >= 0.3 is 0 Å². The van der Waals surface area contributed by atoms with E-state index in [1.54, 1.807) is 12.7 Å². The van der Waals surface area contributed by atoms with E-state index in [0.29, 0.717) is 30.5 Å². The molecule has 0 bridgehead atoms. The minimum atomic E-state index is -0.509. The number of rotatable bonds is 2. The molecular weight excluding hydrogens is 366 g/mol. The van der Waals surface area contributed by atoms with Gasteiger partial charge in [0.1, 0.15) is 13.2 Å². The van der Waals surface area contributed by atoms with E-state index in [1.165, 1.54) is 22.2 Å². The molecule has 4 nitrogen and oxygen atoms in total. The zero-order chi connectivity index (χ0) is 18.0. The van der Waals surface area contributed by atoms with Crippen LogP contribution in [0.2, 0.25) is 0 Å². The molecule has 3 aliphatic rings. The third kappa shape index (κ3) is 3.16. The Kier molecular flexibility index (Phi) is 5.28. The monoisotopic (exact) mass is 389 g/mol. The molecule has 26 heavy (non-hydrogen) atoms. The number of hydrogen-bond donors (Lipinski definition) is 0. The van der Waals surface area contributed by atoms with E-state index in [9.17, 15) is 5.26 Å². The number of allylic oxidation sites excluding steroid dienone is 1. The van der Waals surface area contributed by atoms with Gasteiger partial charge in [0.25, 0.3) is 0 Å². The molecule has 0 unspecified atom stereocenters. The molecule has 0 radical (unpaired) electrons. The second kappa shape index (κ2) is 7.66. The van der Waals surface area contributed by atoms with Crippen molar-refractivity contribution < 1.29 is 14.2 Å². The van der Waals surface area contributed by atoms with E-state index in [0.717, 1.165) is 31.2 Å². The predicted octanol–water partition coefficient (Wildman–Crippen LogP) is 4.88. The molecule has 0 N–H and O–H groups in total. The summed E-state index contributed by atoms with van der Waals surface area (Å²) in [6.07, 6.45) is 4.95. The molecule has 4 rings (SSSR count). The molecule has 0 amide bonds. The van der Waals surface area contributed by atoms with Crippen LogP contribution in [0.4, 0.5) is 0 Å². The van der Waals surface area contributed by atoms with Crippen LogP contribution in [0.3, 0.4) is 0 Å². The maximum absolute atomic E-state index is 10.1. The molecule has 0 atom stereocenters. The fourth-order valence-electron chi connectivity index (χ4n) is 3.91. The average molecular weight is 390 g/mol. The van der Waals surface area contributed by atoms with Crippen molar-refractivity contribution >= 4 is 23.5 Å². The van der Waals surface area contributed by atoms with Crippen molar-refractivity contribution in [3.05, 3.63) is 27.5 Å². The number of hydrogen-bond acceptors (Lipinski definition) is 6. The lowest BCUT2D eigenvalue weighted by Gasteiger charge is -2.36. The number of benzene rings is 1. The SMILES string of the molecule is COc1ccc(C2(C#N)CCC(=C3SCCCS3)CC2)c2c1OCCO2. The Balaban J connectivity index is 1.65. The first-order valence-electron chi connectivity index (χ1n) is 9.13. The van der Waals surface area contributed by atoms with Gasteiger partial charge < -0.3 is 14.2 Å². The first-order chi connectivity index (χ1) is 12.8. The van der Waals surface area contributed by atoms with E-state index in [1.807, 2.05) is 35.7 Å². The van der Waals surface area contributed by atoms with E-state index in [2.05, 4.69) is 6.07 Å². The molecular formula is C20H23NO3S2. The fraction of sp³-hybridized carbons (Fsp3) is 0.550. The molecule has 2 fully saturated rings. The molecule has 6 heteroatoms. The van der Waals surface area contributed by atoms with Crippen molar-refractivity contribution in [1.82, 2.24) is 0 Å². The molecule has 1 aromatic rings. The third-order valence-electron chi connectivity index (χ3n) is 5.35. The van der Waals surface area contributed by atoms with Crippen LogP contribution in [0, 0.1) is 11.3 Å². The van der Waals surface area contributed by atoms with Crippen molar-refractivity contribution in [2.24, 2.45) is 0 Å². The maximum atomic E-state index is 10.1. The van der Waals surface area contributed by atoms with Crippen LogP contribution in [0.25, 0.3) is 0 Å². The number of methoxy groups -OCH3 is 1. The highest BCUT2D eigenvalue weighted by atomic mass is 32.2. The lowest BCUT2D eigenvalue weighted by molar-refractivity contribution is 0.161. The third-order valence-corrected chi connectivity index (χ3v) is 8.15. The normalized spacial score (nSPS) is 25.5. The van der Waals surface area contributed by atoms with Crippen molar-refractivity contribution in [1.29, 1.82) is 5.26 Å². The standard InChI is InChI=1S/C20H23NO3S2/c1-22-16-4-3-15(17-18(16)24-10-9-23-17)20(13-21)7-5-14(6-8-20)19-25-11-2-12-26-19/h3-4H,2,5-12H2,1H3. The van der Waals surface area contributed by atoms with Crippen LogP contribution in [0.15, 0.2) is 21.9 Å². The quantitative estimate of drug-likeness (QED) is 0.718. The van der Waals surface area contributed by atoms with Gasteiger partial charge in [-0.2, -0.15) is 5.26 Å². The summed E-state index contributed by atoms with van der Waals surface area (Å²) in [5.74, 6) is 4.48. The van der Waals surface area contributed by atoms with Gasteiger partial charge in [-0.1, -0.05) is 5.57 Å². The van der Waals surface area contributed by atoms with Gasteiger partial charge in [0.2, 0.25) is 5.75 Å². The van der Waals surface area contributed by atoms with Crippen LogP contribution in [0.5, 0.6) is 17.2 Å². The highest BCUT2D eigenvalue weighted by Crippen LogP contribution is 2.52. The smallest absolute Gasteiger partial charge is 0.204 e. The topological polar surface area (TPSA) is 51.5 Å². The average Bonchev–Trinajstić information content (AvgIpc) is 2.73. The van der Waals surface area contributed by atoms with Crippen molar-refractivity contribution in [3.63, 3.8) is 0 Å². The summed E-state index contributed by atoms with van der Waals surface area (Å²) in [6.45, 7) is 1.02. The van der Waals surface area contributed by atoms with Gasteiger partial charge in [-0.25, -0.2) is 0 Å². The summed E-state index contributed by atoms with van der Waals surface area (Å²) >= 11 is 4.00. The summed E-state index contributed by atoms with van der Waals surface area (Å²) in [5, 5.41) is 10.1. The first kappa shape index (κ1) is 17.9. The zero-order valence-electron chi connectivity index (χ0n) is 15.0. The van der Waals surface area contributed by atoms with E-state index in [4.69, 9.17) is 14.2 Å².